The van der Waals surface area contributed by atoms with Crippen molar-refractivity contribution in [1.82, 2.24) is 18.8 Å². The summed E-state index contributed by atoms with van der Waals surface area (Å²) in [5, 5.41) is 7.09. The number of imidazole rings is 2. The van der Waals surface area contributed by atoms with Gasteiger partial charge in [-0.1, -0.05) is 105 Å². The summed E-state index contributed by atoms with van der Waals surface area (Å²) in [6.45, 7) is 19.9. The molecule has 10 aromatic rings. The SMILES string of the molecule is C.Cc1cc(C)c(-c2cnc3c4[c-]cccc4c4cc(CC(C)(C)C)ccc4n23)c(C)c1.Cc1ccc2c(c1)c1ccc[c-]c1c1ncc(-c3c(C)cccc3C)n21.[Ir].[Ir]. The standard InChI is InChI=1S/C29H29N2.C24H19N2.CH4.2Ir/c1-18-13-19(2)27(20(3)14-18)26-17-30-28-23-10-8-7-9-22(23)24-15-21(16-29(4,5)6)11-12-25(24)31(26)28;1-15-11-12-21-20(13-15)18-9-4-5-10-19(18)24-25-14-22(26(21)24)23-16(2)7-6-8-17(23)3;;;/h7-9,11-15,17H,16H2,1-6H3;4-9,11-14H,1-3H3;1H4;;/q2*-1;;;. The van der Waals surface area contributed by atoms with E-state index >= 15 is 0 Å². The first-order valence-corrected chi connectivity index (χ1v) is 20.0. The van der Waals surface area contributed by atoms with Gasteiger partial charge in [-0.2, -0.15) is 0 Å². The molecule has 0 saturated heterocycles. The van der Waals surface area contributed by atoms with Gasteiger partial charge in [-0.3, -0.25) is 9.97 Å². The third kappa shape index (κ3) is 7.76. The zero-order valence-corrected chi connectivity index (χ0v) is 39.9. The van der Waals surface area contributed by atoms with Crippen molar-refractivity contribution in [2.45, 2.75) is 76.2 Å². The van der Waals surface area contributed by atoms with Gasteiger partial charge < -0.3 is 8.80 Å². The molecule has 60 heavy (non-hydrogen) atoms. The molecule has 6 heteroatoms. The van der Waals surface area contributed by atoms with Gasteiger partial charge in [0.05, 0.1) is 22.7 Å². The van der Waals surface area contributed by atoms with E-state index in [0.717, 1.165) is 39.9 Å². The summed E-state index contributed by atoms with van der Waals surface area (Å²) in [7, 11) is 0. The van der Waals surface area contributed by atoms with Crippen LogP contribution in [0.4, 0.5) is 0 Å². The minimum atomic E-state index is 0. The molecule has 0 spiro atoms. The number of aryl methyl sites for hydroxylation is 6. The molecule has 4 aromatic heterocycles. The minimum Gasteiger partial charge on any atom is -0.333 e. The predicted molar refractivity (Wildman–Crippen MR) is 247 cm³/mol. The third-order valence-corrected chi connectivity index (χ3v) is 11.4. The summed E-state index contributed by atoms with van der Waals surface area (Å²) in [4.78, 5) is 9.70. The Morgan fingerprint density at radius 2 is 1.00 bits per heavy atom. The zero-order chi connectivity index (χ0) is 39.7. The number of hydrogen-bond donors (Lipinski definition) is 0. The Morgan fingerprint density at radius 1 is 0.517 bits per heavy atom. The van der Waals surface area contributed by atoms with Crippen molar-refractivity contribution < 1.29 is 40.2 Å². The van der Waals surface area contributed by atoms with E-state index in [4.69, 9.17) is 9.97 Å². The van der Waals surface area contributed by atoms with Crippen LogP contribution in [0.25, 0.3) is 77.2 Å². The second-order valence-corrected chi connectivity index (χ2v) is 17.2. The van der Waals surface area contributed by atoms with Gasteiger partial charge in [0.1, 0.15) is 0 Å². The Hall–Kier alpha value is -4.96. The number of rotatable bonds is 3. The van der Waals surface area contributed by atoms with E-state index in [1.807, 2.05) is 24.5 Å². The summed E-state index contributed by atoms with van der Waals surface area (Å²) in [6, 6.07) is 43.9. The van der Waals surface area contributed by atoms with Crippen molar-refractivity contribution in [1.29, 1.82) is 0 Å². The first-order valence-electron chi connectivity index (χ1n) is 20.0. The molecule has 6 aromatic carbocycles. The average molecular weight is 1140 g/mol. The van der Waals surface area contributed by atoms with Crippen LogP contribution in [0.2, 0.25) is 0 Å². The van der Waals surface area contributed by atoms with Crippen molar-refractivity contribution in [2.75, 3.05) is 0 Å². The van der Waals surface area contributed by atoms with Crippen molar-refractivity contribution in [3.63, 3.8) is 0 Å². The van der Waals surface area contributed by atoms with Crippen molar-refractivity contribution in [2.24, 2.45) is 5.41 Å². The summed E-state index contributed by atoms with van der Waals surface area (Å²) >= 11 is 0. The molecule has 0 bridgehead atoms. The summed E-state index contributed by atoms with van der Waals surface area (Å²) in [5.74, 6) is 0. The molecule has 0 unspecified atom stereocenters. The van der Waals surface area contributed by atoms with Crippen LogP contribution < -0.4 is 0 Å². The molecule has 0 aliphatic carbocycles. The monoisotopic (exact) mass is 1140 g/mol. The van der Waals surface area contributed by atoms with Crippen LogP contribution in [0.15, 0.2) is 116 Å². The van der Waals surface area contributed by atoms with Crippen molar-refractivity contribution in [3.8, 4) is 22.5 Å². The topological polar surface area (TPSA) is 34.6 Å². The maximum atomic E-state index is 4.89. The van der Waals surface area contributed by atoms with Crippen molar-refractivity contribution in [3.05, 3.63) is 167 Å². The Labute approximate surface area is 381 Å². The Balaban J connectivity index is 0.000000194. The summed E-state index contributed by atoms with van der Waals surface area (Å²) in [6.07, 6.45) is 5.08. The Bertz CT molecular complexity index is 3170. The molecular weight excluding hydrogens is 1090 g/mol. The molecule has 0 fully saturated rings. The van der Waals surface area contributed by atoms with Gasteiger partial charge in [0.25, 0.3) is 0 Å². The first kappa shape index (κ1) is 44.6. The van der Waals surface area contributed by atoms with Crippen LogP contribution in [-0.4, -0.2) is 18.8 Å². The van der Waals surface area contributed by atoms with Crippen LogP contribution in [0.3, 0.4) is 0 Å². The van der Waals surface area contributed by atoms with Gasteiger partial charge in [0.15, 0.2) is 0 Å². The molecule has 2 radical (unpaired) electrons. The smallest absolute Gasteiger partial charge is 0.0639 e. The molecule has 0 amide bonds. The van der Waals surface area contributed by atoms with Crippen LogP contribution in [0.5, 0.6) is 0 Å². The van der Waals surface area contributed by atoms with E-state index in [2.05, 4.69) is 174 Å². The number of fused-ring (bicyclic) bond motifs is 12. The second-order valence-electron chi connectivity index (χ2n) is 17.2. The zero-order valence-electron chi connectivity index (χ0n) is 35.1. The van der Waals surface area contributed by atoms with Crippen LogP contribution in [0, 0.1) is 59.1 Å². The normalized spacial score (nSPS) is 11.4. The number of aromatic nitrogens is 4. The fraction of sp³-hybridized carbons (Fsp3) is 0.222. The number of benzene rings is 6. The quantitative estimate of drug-likeness (QED) is 0.131. The second kappa shape index (κ2) is 17.2. The molecule has 0 N–H and O–H groups in total. The fourth-order valence-electron chi connectivity index (χ4n) is 9.17. The predicted octanol–water partition coefficient (Wildman–Crippen LogP) is 14.3. The van der Waals surface area contributed by atoms with Gasteiger partial charge in [0, 0.05) is 74.8 Å². The molecule has 0 aliphatic heterocycles. The number of hydrogen-bond acceptors (Lipinski definition) is 2. The van der Waals surface area contributed by atoms with E-state index in [1.165, 1.54) is 82.6 Å². The van der Waals surface area contributed by atoms with Crippen molar-refractivity contribution >= 4 is 54.6 Å². The first-order chi connectivity index (χ1) is 27.4. The van der Waals surface area contributed by atoms with Gasteiger partial charge in [-0.05, 0) is 104 Å². The number of nitrogens with zero attached hydrogens (tertiary/aromatic N) is 4. The molecule has 4 nitrogen and oxygen atoms in total. The fourth-order valence-corrected chi connectivity index (χ4v) is 9.17. The molecule has 308 valence electrons. The molecule has 10 rings (SSSR count). The van der Waals surface area contributed by atoms with Gasteiger partial charge in [-0.25, -0.2) is 0 Å². The molecule has 0 saturated carbocycles. The summed E-state index contributed by atoms with van der Waals surface area (Å²) in [5.41, 5.74) is 18.4. The average Bonchev–Trinajstić information content (AvgIpc) is 3.80. The molecule has 0 aliphatic rings. The minimum absolute atomic E-state index is 0. The maximum absolute atomic E-state index is 4.89. The summed E-state index contributed by atoms with van der Waals surface area (Å²) < 4.78 is 4.63. The number of pyridine rings is 2. The van der Waals surface area contributed by atoms with E-state index in [0.29, 0.717) is 0 Å². The van der Waals surface area contributed by atoms with Gasteiger partial charge in [0.2, 0.25) is 0 Å². The molecule has 4 heterocycles. The van der Waals surface area contributed by atoms with E-state index in [1.54, 1.807) is 0 Å². The third-order valence-electron chi connectivity index (χ3n) is 11.4. The van der Waals surface area contributed by atoms with Gasteiger partial charge >= 0.3 is 0 Å². The van der Waals surface area contributed by atoms with Crippen LogP contribution >= 0.6 is 0 Å². The Kier molecular flexibility index (Phi) is 12.8. The molecule has 0 atom stereocenters. The van der Waals surface area contributed by atoms with Gasteiger partial charge in [-0.15, -0.1) is 59.3 Å². The van der Waals surface area contributed by atoms with E-state index in [-0.39, 0.29) is 53.1 Å². The van der Waals surface area contributed by atoms with E-state index in [9.17, 15) is 0 Å². The Morgan fingerprint density at radius 3 is 1.52 bits per heavy atom. The van der Waals surface area contributed by atoms with Crippen LogP contribution in [0.1, 0.15) is 67.1 Å². The molecular formula is C54H52Ir2N4-2. The largest absolute Gasteiger partial charge is 0.333 e. The maximum Gasteiger partial charge on any atom is 0.0639 e. The van der Waals surface area contributed by atoms with E-state index < -0.39 is 0 Å². The van der Waals surface area contributed by atoms with Crippen LogP contribution in [-0.2, 0) is 46.6 Å².